The van der Waals surface area contributed by atoms with E-state index in [1.165, 1.54) is 14.2 Å². The highest BCUT2D eigenvalue weighted by molar-refractivity contribution is 9.13. The summed E-state index contributed by atoms with van der Waals surface area (Å²) in [7, 11) is 2.48. The highest BCUT2D eigenvalue weighted by atomic mass is 79.9. The van der Waals surface area contributed by atoms with Crippen LogP contribution in [0.5, 0.6) is 0 Å². The van der Waals surface area contributed by atoms with E-state index in [2.05, 4.69) is 57.3 Å². The number of hydrogen-bond donors (Lipinski definition) is 0. The first kappa shape index (κ1) is 18.6. The summed E-state index contributed by atoms with van der Waals surface area (Å²) in [6.07, 6.45) is 0. The Balaban J connectivity index is 2.95. The van der Waals surface area contributed by atoms with Crippen LogP contribution in [0.3, 0.4) is 0 Å². The molecule has 0 N–H and O–H groups in total. The molecule has 116 valence electrons. The van der Waals surface area contributed by atoms with Crippen LogP contribution in [0.25, 0.3) is 0 Å². The minimum absolute atomic E-state index is 0.0973. The zero-order valence-corrected chi connectivity index (χ0v) is 16.2. The molecule has 4 nitrogen and oxygen atoms in total. The number of halogens is 3. The van der Waals surface area contributed by atoms with Gasteiger partial charge in [0.25, 0.3) is 0 Å². The van der Waals surface area contributed by atoms with Crippen molar-refractivity contribution in [3.05, 3.63) is 35.9 Å². The summed E-state index contributed by atoms with van der Waals surface area (Å²) in [5.41, 5.74) is 1.03. The molecule has 0 fully saturated rings. The number of rotatable bonds is 6. The van der Waals surface area contributed by atoms with Crippen LogP contribution in [0.4, 0.5) is 0 Å². The minimum atomic E-state index is -1.05. The maximum absolute atomic E-state index is 11.8. The maximum atomic E-state index is 11.8. The number of ether oxygens (including phenoxy) is 2. The van der Waals surface area contributed by atoms with Crippen LogP contribution >= 0.6 is 47.8 Å². The molecule has 0 aliphatic heterocycles. The number of esters is 2. The van der Waals surface area contributed by atoms with E-state index >= 15 is 0 Å². The van der Waals surface area contributed by atoms with Gasteiger partial charge in [0.15, 0.2) is 5.92 Å². The van der Waals surface area contributed by atoms with E-state index in [-0.39, 0.29) is 9.65 Å². The van der Waals surface area contributed by atoms with Crippen molar-refractivity contribution in [2.75, 3.05) is 14.2 Å². The molecule has 1 rings (SSSR count). The second kappa shape index (κ2) is 8.90. The smallest absolute Gasteiger partial charge is 0.321 e. The summed E-state index contributed by atoms with van der Waals surface area (Å²) in [6, 6.07) is 9.68. The fraction of sp³-hybridized carbons (Fsp3) is 0.429. The van der Waals surface area contributed by atoms with E-state index in [9.17, 15) is 9.59 Å². The number of hydrogen-bond acceptors (Lipinski definition) is 4. The summed E-state index contributed by atoms with van der Waals surface area (Å²) >= 11 is 10.5. The highest BCUT2D eigenvalue weighted by Gasteiger charge is 2.41. The summed E-state index contributed by atoms with van der Waals surface area (Å²) in [6.45, 7) is 0. The van der Waals surface area contributed by atoms with E-state index in [1.54, 1.807) is 0 Å². The first-order valence-electron chi connectivity index (χ1n) is 6.06. The summed E-state index contributed by atoms with van der Waals surface area (Å²) < 4.78 is 9.37. The molecule has 0 saturated carbocycles. The van der Waals surface area contributed by atoms with Crippen LogP contribution in [0, 0.1) is 5.92 Å². The Morgan fingerprint density at radius 1 is 0.905 bits per heavy atom. The van der Waals surface area contributed by atoms with E-state index in [0.29, 0.717) is 0 Å². The van der Waals surface area contributed by atoms with Crippen molar-refractivity contribution in [2.24, 2.45) is 5.92 Å². The predicted octanol–water partition coefficient (Wildman–Crippen LogP) is 3.61. The maximum Gasteiger partial charge on any atom is 0.321 e. The fourth-order valence-corrected chi connectivity index (χ4v) is 4.17. The number of carbonyl (C=O) groups is 2. The van der Waals surface area contributed by atoms with Crippen molar-refractivity contribution in [1.82, 2.24) is 0 Å². The van der Waals surface area contributed by atoms with E-state index in [1.807, 2.05) is 30.3 Å². The Labute approximate surface area is 149 Å². The van der Waals surface area contributed by atoms with Crippen molar-refractivity contribution in [3.63, 3.8) is 0 Å². The molecule has 21 heavy (non-hydrogen) atoms. The number of benzene rings is 1. The van der Waals surface area contributed by atoms with E-state index in [4.69, 9.17) is 0 Å². The van der Waals surface area contributed by atoms with Gasteiger partial charge in [0.2, 0.25) is 0 Å². The zero-order valence-electron chi connectivity index (χ0n) is 11.5. The Kier molecular flexibility index (Phi) is 7.90. The number of carbonyl (C=O) groups excluding carboxylic acids is 2. The average molecular weight is 487 g/mol. The van der Waals surface area contributed by atoms with Gasteiger partial charge >= 0.3 is 11.9 Å². The number of alkyl halides is 3. The van der Waals surface area contributed by atoms with Gasteiger partial charge in [0.1, 0.15) is 0 Å². The molecule has 0 spiro atoms. The van der Waals surface area contributed by atoms with Gasteiger partial charge in [-0.25, -0.2) is 0 Å². The molecule has 0 radical (unpaired) electrons. The molecule has 1 aromatic rings. The summed E-state index contributed by atoms with van der Waals surface area (Å²) in [5, 5.41) is 0. The third-order valence-electron chi connectivity index (χ3n) is 2.93. The lowest BCUT2D eigenvalue weighted by atomic mass is 9.99. The normalized spacial score (nSPS) is 15.1. The molecule has 0 saturated heterocycles. The van der Waals surface area contributed by atoms with Crippen molar-refractivity contribution < 1.29 is 19.1 Å². The Morgan fingerprint density at radius 3 is 1.81 bits per heavy atom. The van der Waals surface area contributed by atoms with E-state index in [0.717, 1.165) is 5.56 Å². The summed E-state index contributed by atoms with van der Waals surface area (Å²) in [4.78, 5) is 22.8. The molecule has 0 heterocycles. The minimum Gasteiger partial charge on any atom is -0.468 e. The topological polar surface area (TPSA) is 52.6 Å². The van der Waals surface area contributed by atoms with Gasteiger partial charge in [0.05, 0.1) is 23.9 Å². The van der Waals surface area contributed by atoms with Crippen LogP contribution in [0.1, 0.15) is 10.4 Å². The van der Waals surface area contributed by atoms with Gasteiger partial charge < -0.3 is 9.47 Å². The molecular formula is C14H15Br3O4. The molecule has 0 bridgehead atoms. The van der Waals surface area contributed by atoms with E-state index < -0.39 is 22.7 Å². The molecule has 3 atom stereocenters. The second-order valence-corrected chi connectivity index (χ2v) is 7.33. The second-order valence-electron chi connectivity index (χ2n) is 4.23. The monoisotopic (exact) mass is 484 g/mol. The first-order valence-corrected chi connectivity index (χ1v) is 8.81. The molecule has 0 amide bonds. The molecule has 0 aromatic heterocycles. The first-order chi connectivity index (χ1) is 9.93. The van der Waals surface area contributed by atoms with Gasteiger partial charge in [-0.1, -0.05) is 78.1 Å². The van der Waals surface area contributed by atoms with Gasteiger partial charge in [-0.05, 0) is 5.56 Å². The van der Waals surface area contributed by atoms with Crippen molar-refractivity contribution in [1.29, 1.82) is 0 Å². The Hall–Kier alpha value is -0.400. The van der Waals surface area contributed by atoms with Crippen molar-refractivity contribution in [2.45, 2.75) is 14.5 Å². The third kappa shape index (κ3) is 4.79. The quantitative estimate of drug-likeness (QED) is 0.350. The van der Waals surface area contributed by atoms with Crippen LogP contribution in [0.15, 0.2) is 30.3 Å². The van der Waals surface area contributed by atoms with Crippen LogP contribution < -0.4 is 0 Å². The lowest BCUT2D eigenvalue weighted by molar-refractivity contribution is -0.158. The third-order valence-corrected chi connectivity index (χ3v) is 7.64. The van der Waals surface area contributed by atoms with Gasteiger partial charge in [-0.2, -0.15) is 0 Å². The summed E-state index contributed by atoms with van der Waals surface area (Å²) in [5.74, 6) is -2.32. The lowest BCUT2D eigenvalue weighted by Crippen LogP contribution is -2.39. The SMILES string of the molecule is COC(=O)C(C(=O)OC)C(Br)C(Br)C(Br)c1ccccc1. The molecule has 7 heteroatoms. The zero-order chi connectivity index (χ0) is 16.0. The Morgan fingerprint density at radius 2 is 1.38 bits per heavy atom. The van der Waals surface area contributed by atoms with Gasteiger partial charge in [-0.15, -0.1) is 0 Å². The van der Waals surface area contributed by atoms with Crippen LogP contribution in [-0.2, 0) is 19.1 Å². The average Bonchev–Trinajstić information content (AvgIpc) is 2.53. The molecule has 0 aliphatic carbocycles. The van der Waals surface area contributed by atoms with Gasteiger partial charge in [-0.3, -0.25) is 9.59 Å². The lowest BCUT2D eigenvalue weighted by Gasteiger charge is -2.26. The highest BCUT2D eigenvalue weighted by Crippen LogP contribution is 2.38. The Bertz CT molecular complexity index is 464. The predicted molar refractivity (Wildman–Crippen MR) is 91.1 cm³/mol. The van der Waals surface area contributed by atoms with Crippen LogP contribution in [0.2, 0.25) is 0 Å². The largest absolute Gasteiger partial charge is 0.468 e. The standard InChI is InChI=1S/C14H15Br3O4/c1-20-13(18)9(14(19)21-2)11(16)12(17)10(15)8-6-4-3-5-7-8/h3-7,9-12H,1-2H3. The molecule has 3 unspecified atom stereocenters. The van der Waals surface area contributed by atoms with Crippen molar-refractivity contribution in [3.8, 4) is 0 Å². The fourth-order valence-electron chi connectivity index (χ4n) is 1.78. The molecule has 1 aromatic carbocycles. The molecule has 0 aliphatic rings. The number of methoxy groups -OCH3 is 2. The van der Waals surface area contributed by atoms with Crippen LogP contribution in [-0.4, -0.2) is 35.8 Å². The van der Waals surface area contributed by atoms with Gasteiger partial charge in [0, 0.05) is 4.83 Å². The molecular weight excluding hydrogens is 472 g/mol. The van der Waals surface area contributed by atoms with Crippen molar-refractivity contribution >= 4 is 59.7 Å².